The molecule has 6 nitrogen and oxygen atoms in total. The van der Waals surface area contributed by atoms with Crippen LogP contribution in [0.4, 0.5) is 0 Å². The highest BCUT2D eigenvalue weighted by Crippen LogP contribution is 2.16. The molecule has 0 atom stereocenters. The molecule has 0 aliphatic heterocycles. The number of methoxy groups -OCH3 is 2. The van der Waals surface area contributed by atoms with Gasteiger partial charge in [0.05, 0.1) is 19.7 Å². The highest BCUT2D eigenvalue weighted by atomic mass is 16.5. The summed E-state index contributed by atoms with van der Waals surface area (Å²) in [7, 11) is 3.92. The third kappa shape index (κ3) is 1.95. The number of pyridine rings is 1. The molecule has 2 aromatic rings. The lowest BCUT2D eigenvalue weighted by atomic mass is 10.1. The van der Waals surface area contributed by atoms with Crippen LogP contribution in [-0.2, 0) is 16.5 Å². The highest BCUT2D eigenvalue weighted by molar-refractivity contribution is 6.05. The number of rotatable bonds is 2. The fourth-order valence-corrected chi connectivity index (χ4v) is 2.12. The summed E-state index contributed by atoms with van der Waals surface area (Å²) < 4.78 is 10.7. The van der Waals surface area contributed by atoms with Gasteiger partial charge in [-0.25, -0.2) is 9.59 Å². The van der Waals surface area contributed by atoms with Crippen LogP contribution in [0.2, 0.25) is 0 Å². The van der Waals surface area contributed by atoms with Crippen LogP contribution in [0.3, 0.4) is 0 Å². The molecule has 0 amide bonds. The molecule has 0 unspecified atom stereocenters. The van der Waals surface area contributed by atoms with Gasteiger partial charge in [-0.15, -0.1) is 0 Å². The van der Waals surface area contributed by atoms with E-state index in [1.54, 1.807) is 31.3 Å². The number of hydrogen-bond acceptors (Lipinski definition) is 5. The lowest BCUT2D eigenvalue weighted by Gasteiger charge is -2.14. The number of fused-ring (bicyclic) bond motifs is 1. The van der Waals surface area contributed by atoms with E-state index in [0.717, 1.165) is 7.11 Å². The molecule has 104 valence electrons. The third-order valence-electron chi connectivity index (χ3n) is 3.08. The van der Waals surface area contributed by atoms with Crippen LogP contribution in [0, 0.1) is 0 Å². The first-order chi connectivity index (χ1) is 9.52. The van der Waals surface area contributed by atoms with Gasteiger partial charge in [0.15, 0.2) is 0 Å². The molecular formula is C14H13NO5. The van der Waals surface area contributed by atoms with Crippen molar-refractivity contribution in [2.24, 2.45) is 7.05 Å². The minimum atomic E-state index is -0.864. The number of benzene rings is 1. The van der Waals surface area contributed by atoms with Crippen LogP contribution in [0.1, 0.15) is 20.8 Å². The first-order valence-corrected chi connectivity index (χ1v) is 5.81. The minimum absolute atomic E-state index is 0.122. The lowest BCUT2D eigenvalue weighted by molar-refractivity contribution is 0.0545. The van der Waals surface area contributed by atoms with Crippen LogP contribution in [0.15, 0.2) is 29.1 Å². The topological polar surface area (TPSA) is 74.6 Å². The molecule has 1 heterocycles. The van der Waals surface area contributed by atoms with Crippen LogP contribution >= 0.6 is 0 Å². The Bertz CT molecular complexity index is 760. The first-order valence-electron chi connectivity index (χ1n) is 5.81. The van der Waals surface area contributed by atoms with Crippen molar-refractivity contribution in [2.45, 2.75) is 0 Å². The molecule has 0 aliphatic carbocycles. The molecule has 0 saturated carbocycles. The van der Waals surface area contributed by atoms with Crippen LogP contribution in [0.5, 0.6) is 0 Å². The van der Waals surface area contributed by atoms with Crippen molar-refractivity contribution in [1.29, 1.82) is 0 Å². The van der Waals surface area contributed by atoms with E-state index < -0.39 is 17.4 Å². The Balaban J connectivity index is 3.01. The standard InChI is InChI=1S/C14H13NO5/c1-15-9-7-5-4-6-8(9)12(16)10(13(17)19-2)11(15)14(18)20-3/h4-7H,1-3H3. The Hall–Kier alpha value is -2.63. The summed E-state index contributed by atoms with van der Waals surface area (Å²) in [4.78, 5) is 36.1. The van der Waals surface area contributed by atoms with Crippen LogP contribution in [-0.4, -0.2) is 30.7 Å². The number of esters is 2. The third-order valence-corrected chi connectivity index (χ3v) is 3.08. The van der Waals surface area contributed by atoms with E-state index in [1.165, 1.54) is 11.7 Å². The number of ether oxygens (including phenoxy) is 2. The Labute approximate surface area is 114 Å². The summed E-state index contributed by atoms with van der Waals surface area (Å²) in [6.07, 6.45) is 0. The SMILES string of the molecule is COC(=O)c1c(C(=O)OC)n(C)c2ccccc2c1=O. The Kier molecular flexibility index (Phi) is 3.56. The minimum Gasteiger partial charge on any atom is -0.465 e. The number of aromatic nitrogens is 1. The maximum absolute atomic E-state index is 12.4. The summed E-state index contributed by atoms with van der Waals surface area (Å²) in [5.41, 5.74) is -0.458. The second kappa shape index (κ2) is 5.16. The van der Waals surface area contributed by atoms with Gasteiger partial charge in [0.2, 0.25) is 5.43 Å². The van der Waals surface area contributed by atoms with Crippen molar-refractivity contribution in [3.8, 4) is 0 Å². The molecule has 0 fully saturated rings. The van der Waals surface area contributed by atoms with Gasteiger partial charge >= 0.3 is 11.9 Å². The van der Waals surface area contributed by atoms with Gasteiger partial charge in [-0.2, -0.15) is 0 Å². The van der Waals surface area contributed by atoms with Gasteiger partial charge in [0, 0.05) is 12.4 Å². The van der Waals surface area contributed by atoms with Gasteiger partial charge in [-0.1, -0.05) is 12.1 Å². The maximum Gasteiger partial charge on any atom is 0.355 e. The largest absolute Gasteiger partial charge is 0.465 e. The fraction of sp³-hybridized carbons (Fsp3) is 0.214. The highest BCUT2D eigenvalue weighted by Gasteiger charge is 2.26. The summed E-state index contributed by atoms with van der Waals surface area (Å²) in [5, 5.41) is 0.336. The predicted molar refractivity (Wildman–Crippen MR) is 71.9 cm³/mol. The van der Waals surface area contributed by atoms with E-state index in [4.69, 9.17) is 0 Å². The number of para-hydroxylation sites is 1. The second-order valence-electron chi connectivity index (χ2n) is 4.11. The Morgan fingerprint density at radius 3 is 2.25 bits per heavy atom. The van der Waals surface area contributed by atoms with Crippen molar-refractivity contribution in [3.63, 3.8) is 0 Å². The van der Waals surface area contributed by atoms with Crippen LogP contribution < -0.4 is 5.43 Å². The molecule has 0 spiro atoms. The second-order valence-corrected chi connectivity index (χ2v) is 4.11. The molecule has 2 rings (SSSR count). The van der Waals surface area contributed by atoms with Gasteiger partial charge in [-0.3, -0.25) is 4.79 Å². The van der Waals surface area contributed by atoms with E-state index in [-0.39, 0.29) is 11.3 Å². The molecule has 0 radical (unpaired) electrons. The van der Waals surface area contributed by atoms with Gasteiger partial charge in [0.25, 0.3) is 0 Å². The number of carbonyl (C=O) groups excluding carboxylic acids is 2. The Morgan fingerprint density at radius 1 is 1.05 bits per heavy atom. The van der Waals surface area contributed by atoms with E-state index in [2.05, 4.69) is 9.47 Å². The number of carbonyl (C=O) groups is 2. The molecule has 0 saturated heterocycles. The van der Waals surface area contributed by atoms with E-state index in [1.807, 2.05) is 0 Å². The maximum atomic E-state index is 12.4. The van der Waals surface area contributed by atoms with Crippen molar-refractivity contribution >= 4 is 22.8 Å². The fourth-order valence-electron chi connectivity index (χ4n) is 2.12. The number of aryl methyl sites for hydroxylation is 1. The lowest BCUT2D eigenvalue weighted by Crippen LogP contribution is -2.27. The zero-order valence-corrected chi connectivity index (χ0v) is 11.3. The summed E-state index contributed by atoms with van der Waals surface area (Å²) >= 11 is 0. The molecule has 0 N–H and O–H groups in total. The quantitative estimate of drug-likeness (QED) is 0.767. The molecular weight excluding hydrogens is 262 g/mol. The average Bonchev–Trinajstić information content (AvgIpc) is 2.49. The molecule has 0 aliphatic rings. The molecule has 20 heavy (non-hydrogen) atoms. The zero-order valence-electron chi connectivity index (χ0n) is 11.3. The first kappa shape index (κ1) is 13.8. The smallest absolute Gasteiger partial charge is 0.355 e. The number of nitrogens with zero attached hydrogens (tertiary/aromatic N) is 1. The normalized spacial score (nSPS) is 10.3. The average molecular weight is 275 g/mol. The molecule has 6 heteroatoms. The predicted octanol–water partition coefficient (Wildman–Crippen LogP) is 1.11. The summed E-state index contributed by atoms with van der Waals surface area (Å²) in [6.45, 7) is 0. The van der Waals surface area contributed by atoms with Crippen molar-refractivity contribution in [1.82, 2.24) is 4.57 Å². The zero-order chi connectivity index (χ0) is 14.9. The van der Waals surface area contributed by atoms with Gasteiger partial charge in [-0.05, 0) is 12.1 Å². The summed E-state index contributed by atoms with van der Waals surface area (Å²) in [6, 6.07) is 6.69. The Morgan fingerprint density at radius 2 is 1.65 bits per heavy atom. The van der Waals surface area contributed by atoms with Gasteiger partial charge < -0.3 is 14.0 Å². The van der Waals surface area contributed by atoms with Gasteiger partial charge in [0.1, 0.15) is 11.3 Å². The molecule has 0 bridgehead atoms. The molecule has 1 aromatic carbocycles. The van der Waals surface area contributed by atoms with Crippen molar-refractivity contribution in [3.05, 3.63) is 45.7 Å². The van der Waals surface area contributed by atoms with Crippen molar-refractivity contribution < 1.29 is 19.1 Å². The van der Waals surface area contributed by atoms with E-state index >= 15 is 0 Å². The van der Waals surface area contributed by atoms with Crippen LogP contribution in [0.25, 0.3) is 10.9 Å². The van der Waals surface area contributed by atoms with E-state index in [9.17, 15) is 14.4 Å². The monoisotopic (exact) mass is 275 g/mol. The summed E-state index contributed by atoms with van der Waals surface area (Å²) in [5.74, 6) is -1.63. The number of hydrogen-bond donors (Lipinski definition) is 0. The van der Waals surface area contributed by atoms with Crippen molar-refractivity contribution in [2.75, 3.05) is 14.2 Å². The molecule has 1 aromatic heterocycles. The van der Waals surface area contributed by atoms with E-state index in [0.29, 0.717) is 10.9 Å².